The van der Waals surface area contributed by atoms with Crippen molar-refractivity contribution in [3.05, 3.63) is 30.5 Å². The summed E-state index contributed by atoms with van der Waals surface area (Å²) in [6, 6.07) is 8.02. The summed E-state index contributed by atoms with van der Waals surface area (Å²) in [4.78, 5) is 4.39. The topological polar surface area (TPSA) is 50.9 Å². The van der Waals surface area contributed by atoms with Crippen LogP contribution in [0.25, 0.3) is 10.9 Å². The molecule has 3 N–H and O–H groups in total. The summed E-state index contributed by atoms with van der Waals surface area (Å²) in [7, 11) is 0. The Balaban J connectivity index is 1.86. The number of nitrogens with zero attached hydrogens (tertiary/aromatic N) is 1. The van der Waals surface area contributed by atoms with Gasteiger partial charge in [-0.3, -0.25) is 4.98 Å². The first kappa shape index (κ1) is 13.6. The molecular formula is C16H21N3S. The van der Waals surface area contributed by atoms with Crippen LogP contribution in [0, 0.1) is 0 Å². The monoisotopic (exact) mass is 287 g/mol. The Morgan fingerprint density at radius 3 is 2.85 bits per heavy atom. The van der Waals surface area contributed by atoms with E-state index in [1.807, 2.05) is 36.2 Å². The molecule has 1 fully saturated rings. The van der Waals surface area contributed by atoms with E-state index in [4.69, 9.17) is 5.73 Å². The van der Waals surface area contributed by atoms with Gasteiger partial charge in [0.1, 0.15) is 0 Å². The van der Waals surface area contributed by atoms with Gasteiger partial charge in [0.15, 0.2) is 0 Å². The minimum atomic E-state index is 0.399. The second-order valence-electron chi connectivity index (χ2n) is 5.55. The number of nitrogen functional groups attached to an aromatic ring is 1. The number of hydrogen-bond acceptors (Lipinski definition) is 4. The number of anilines is 2. The highest BCUT2D eigenvalue weighted by Gasteiger charge is 2.32. The normalized spacial score (nSPS) is 17.4. The van der Waals surface area contributed by atoms with Gasteiger partial charge >= 0.3 is 0 Å². The van der Waals surface area contributed by atoms with Crippen molar-refractivity contribution in [1.29, 1.82) is 0 Å². The predicted molar refractivity (Wildman–Crippen MR) is 89.4 cm³/mol. The number of aromatic nitrogens is 1. The Morgan fingerprint density at radius 1 is 1.30 bits per heavy atom. The van der Waals surface area contributed by atoms with E-state index in [2.05, 4.69) is 22.6 Å². The minimum absolute atomic E-state index is 0.399. The third kappa shape index (κ3) is 2.44. The molecule has 0 radical (unpaired) electrons. The Morgan fingerprint density at radius 2 is 2.10 bits per heavy atom. The first-order valence-corrected chi connectivity index (χ1v) is 8.39. The van der Waals surface area contributed by atoms with Gasteiger partial charge in [0.2, 0.25) is 0 Å². The van der Waals surface area contributed by atoms with E-state index < -0.39 is 0 Å². The van der Waals surface area contributed by atoms with Crippen LogP contribution in [0.15, 0.2) is 30.5 Å². The van der Waals surface area contributed by atoms with E-state index in [9.17, 15) is 0 Å². The van der Waals surface area contributed by atoms with Crippen molar-refractivity contribution in [2.24, 2.45) is 0 Å². The molecule has 0 atom stereocenters. The van der Waals surface area contributed by atoms with Crippen LogP contribution in [0.1, 0.15) is 25.7 Å². The van der Waals surface area contributed by atoms with Crippen LogP contribution in [0.3, 0.4) is 0 Å². The van der Waals surface area contributed by atoms with Gasteiger partial charge in [0.25, 0.3) is 0 Å². The molecule has 1 heterocycles. The molecule has 1 saturated carbocycles. The number of rotatable bonds is 4. The third-order valence-corrected chi connectivity index (χ3v) is 5.77. The van der Waals surface area contributed by atoms with Gasteiger partial charge < -0.3 is 11.1 Å². The molecule has 0 aliphatic heterocycles. The molecule has 3 nitrogen and oxygen atoms in total. The molecule has 3 rings (SSSR count). The van der Waals surface area contributed by atoms with Crippen molar-refractivity contribution >= 4 is 34.0 Å². The lowest BCUT2D eigenvalue weighted by atomic mass is 10.1. The summed E-state index contributed by atoms with van der Waals surface area (Å²) in [5, 5.41) is 4.74. The summed E-state index contributed by atoms with van der Waals surface area (Å²) in [5.74, 6) is 0. The summed E-state index contributed by atoms with van der Waals surface area (Å²) < 4.78 is 0.399. The molecule has 0 saturated heterocycles. The molecule has 1 aromatic heterocycles. The van der Waals surface area contributed by atoms with Gasteiger partial charge in [-0.05, 0) is 31.2 Å². The summed E-state index contributed by atoms with van der Waals surface area (Å²) in [6.07, 6.45) is 9.40. The highest BCUT2D eigenvalue weighted by molar-refractivity contribution is 8.00. The first-order valence-electron chi connectivity index (χ1n) is 7.16. The molecule has 106 valence electrons. The molecule has 1 aliphatic carbocycles. The van der Waals surface area contributed by atoms with E-state index in [1.165, 1.54) is 25.7 Å². The maximum atomic E-state index is 6.00. The number of hydrogen-bond donors (Lipinski definition) is 2. The highest BCUT2D eigenvalue weighted by atomic mass is 32.2. The smallest absolute Gasteiger partial charge is 0.0951 e. The number of fused-ring (bicyclic) bond motifs is 1. The third-order valence-electron chi connectivity index (χ3n) is 4.35. The number of benzene rings is 1. The molecule has 20 heavy (non-hydrogen) atoms. The van der Waals surface area contributed by atoms with Crippen LogP contribution in [-0.2, 0) is 0 Å². The Labute approximate surface area is 124 Å². The van der Waals surface area contributed by atoms with Gasteiger partial charge in [-0.2, -0.15) is 11.8 Å². The Bertz CT molecular complexity index is 606. The largest absolute Gasteiger partial charge is 0.397 e. The lowest BCUT2D eigenvalue weighted by molar-refractivity contribution is 0.640. The fourth-order valence-electron chi connectivity index (χ4n) is 3.08. The van der Waals surface area contributed by atoms with Crippen LogP contribution < -0.4 is 11.1 Å². The van der Waals surface area contributed by atoms with Crippen molar-refractivity contribution < 1.29 is 0 Å². The summed E-state index contributed by atoms with van der Waals surface area (Å²) in [6.45, 7) is 1.02. The van der Waals surface area contributed by atoms with Crippen molar-refractivity contribution in [1.82, 2.24) is 4.98 Å². The van der Waals surface area contributed by atoms with Gasteiger partial charge in [0.05, 0.1) is 11.2 Å². The van der Waals surface area contributed by atoms with Crippen molar-refractivity contribution in [2.75, 3.05) is 23.9 Å². The zero-order valence-corrected chi connectivity index (χ0v) is 12.7. The van der Waals surface area contributed by atoms with Crippen LogP contribution in [0.4, 0.5) is 11.4 Å². The first-order chi connectivity index (χ1) is 9.74. The minimum Gasteiger partial charge on any atom is -0.397 e. The highest BCUT2D eigenvalue weighted by Crippen LogP contribution is 2.40. The van der Waals surface area contributed by atoms with Crippen LogP contribution >= 0.6 is 11.8 Å². The van der Waals surface area contributed by atoms with Crippen molar-refractivity contribution in [3.8, 4) is 0 Å². The SMILES string of the molecule is CSC1(CNc2ccnc3c(N)cccc23)CCCC1. The predicted octanol–water partition coefficient (Wildman–Crippen LogP) is 3.90. The standard InChI is InChI=1S/C16H21N3S/c1-20-16(8-2-3-9-16)11-19-14-7-10-18-15-12(14)5-4-6-13(15)17/h4-7,10H,2-3,8-9,11,17H2,1H3,(H,18,19). The number of nitrogens with one attached hydrogen (secondary N) is 1. The average Bonchev–Trinajstić information content (AvgIpc) is 2.95. The lowest BCUT2D eigenvalue weighted by Crippen LogP contribution is -2.30. The second-order valence-corrected chi connectivity index (χ2v) is 6.82. The van der Waals surface area contributed by atoms with Crippen molar-refractivity contribution in [2.45, 2.75) is 30.4 Å². The van der Waals surface area contributed by atoms with Gasteiger partial charge in [-0.1, -0.05) is 25.0 Å². The fraction of sp³-hybridized carbons (Fsp3) is 0.438. The summed E-state index contributed by atoms with van der Waals surface area (Å²) >= 11 is 2.00. The maximum Gasteiger partial charge on any atom is 0.0951 e. The van der Waals surface area contributed by atoms with E-state index in [-0.39, 0.29) is 0 Å². The van der Waals surface area contributed by atoms with Gasteiger partial charge in [-0.25, -0.2) is 0 Å². The fourth-order valence-corrected chi connectivity index (χ4v) is 4.00. The average molecular weight is 287 g/mol. The quantitative estimate of drug-likeness (QED) is 0.837. The molecule has 4 heteroatoms. The number of thioether (sulfide) groups is 1. The zero-order valence-electron chi connectivity index (χ0n) is 11.9. The van der Waals surface area contributed by atoms with Crippen LogP contribution in [0.5, 0.6) is 0 Å². The summed E-state index contributed by atoms with van der Waals surface area (Å²) in [5.41, 5.74) is 8.78. The van der Waals surface area contributed by atoms with Gasteiger partial charge in [0, 0.05) is 28.6 Å². The number of para-hydroxylation sites is 1. The molecule has 1 aromatic carbocycles. The molecule has 1 aliphatic rings. The zero-order chi connectivity index (χ0) is 14.0. The van der Waals surface area contributed by atoms with Gasteiger partial charge in [-0.15, -0.1) is 0 Å². The molecule has 0 unspecified atom stereocenters. The van der Waals surface area contributed by atoms with E-state index in [1.54, 1.807) is 0 Å². The van der Waals surface area contributed by atoms with E-state index in [0.717, 1.165) is 28.8 Å². The van der Waals surface area contributed by atoms with E-state index in [0.29, 0.717) is 4.75 Å². The number of nitrogens with two attached hydrogens (primary N) is 1. The lowest BCUT2D eigenvalue weighted by Gasteiger charge is -2.27. The molecule has 0 spiro atoms. The second kappa shape index (κ2) is 5.52. The number of pyridine rings is 1. The molecular weight excluding hydrogens is 266 g/mol. The molecule has 0 amide bonds. The molecule has 2 aromatic rings. The van der Waals surface area contributed by atoms with Crippen molar-refractivity contribution in [3.63, 3.8) is 0 Å². The van der Waals surface area contributed by atoms with Crippen LogP contribution in [0.2, 0.25) is 0 Å². The Hall–Kier alpha value is -1.42. The molecule has 0 bridgehead atoms. The van der Waals surface area contributed by atoms with Crippen LogP contribution in [-0.4, -0.2) is 22.5 Å². The van der Waals surface area contributed by atoms with E-state index >= 15 is 0 Å². The maximum absolute atomic E-state index is 6.00. The Kier molecular flexibility index (Phi) is 3.74.